The van der Waals surface area contributed by atoms with E-state index >= 15 is 0 Å². The molecule has 1 aromatic heterocycles. The Morgan fingerprint density at radius 1 is 1.25 bits per heavy atom. The minimum absolute atomic E-state index is 0.190. The van der Waals surface area contributed by atoms with Crippen molar-refractivity contribution >= 4 is 17.5 Å². The molecule has 0 spiro atoms. The molecule has 1 aromatic carbocycles. The number of aryl methyl sites for hydroxylation is 1. The van der Waals surface area contributed by atoms with Gasteiger partial charge in [0.2, 0.25) is 5.95 Å². The summed E-state index contributed by atoms with van der Waals surface area (Å²) < 4.78 is 0. The van der Waals surface area contributed by atoms with E-state index in [9.17, 15) is 4.79 Å². The molecule has 0 unspecified atom stereocenters. The molecule has 0 atom stereocenters. The predicted molar refractivity (Wildman–Crippen MR) is 96.4 cm³/mol. The Morgan fingerprint density at radius 2 is 2.00 bits per heavy atom. The van der Waals surface area contributed by atoms with Crippen LogP contribution in [-0.4, -0.2) is 29.0 Å². The highest BCUT2D eigenvalue weighted by molar-refractivity contribution is 6.03. The van der Waals surface area contributed by atoms with Crippen LogP contribution in [0.3, 0.4) is 0 Å². The zero-order valence-electron chi connectivity index (χ0n) is 14.3. The molecule has 0 radical (unpaired) electrons. The standard InChI is InChI=1S/C19H24N4O/c1-3-15-6-4-5-7-16(15)21-18(24)17-8-11-20-19(22-17)23-12-9-14(2)10-13-23/h4-8,11,14H,3,9-10,12-13H2,1-2H3,(H,21,24). The topological polar surface area (TPSA) is 58.1 Å². The highest BCUT2D eigenvalue weighted by atomic mass is 16.1. The van der Waals surface area contributed by atoms with Gasteiger partial charge in [-0.1, -0.05) is 32.0 Å². The van der Waals surface area contributed by atoms with E-state index in [1.54, 1.807) is 12.3 Å². The Labute approximate surface area is 143 Å². The summed E-state index contributed by atoms with van der Waals surface area (Å²) in [4.78, 5) is 23.5. The number of hydrogen-bond donors (Lipinski definition) is 1. The first kappa shape index (κ1) is 16.4. The Bertz CT molecular complexity index is 708. The molecule has 1 fully saturated rings. The summed E-state index contributed by atoms with van der Waals surface area (Å²) in [5.74, 6) is 1.21. The highest BCUT2D eigenvalue weighted by Crippen LogP contribution is 2.20. The normalized spacial score (nSPS) is 15.3. The van der Waals surface area contributed by atoms with Gasteiger partial charge in [0.15, 0.2) is 0 Å². The van der Waals surface area contributed by atoms with Crippen molar-refractivity contribution in [3.8, 4) is 0 Å². The largest absolute Gasteiger partial charge is 0.341 e. The van der Waals surface area contributed by atoms with E-state index < -0.39 is 0 Å². The van der Waals surface area contributed by atoms with Gasteiger partial charge in [-0.05, 0) is 42.9 Å². The van der Waals surface area contributed by atoms with Crippen molar-refractivity contribution in [3.05, 3.63) is 47.8 Å². The summed E-state index contributed by atoms with van der Waals surface area (Å²) in [6.45, 7) is 6.24. The number of nitrogens with zero attached hydrogens (tertiary/aromatic N) is 3. The quantitative estimate of drug-likeness (QED) is 0.935. The maximum absolute atomic E-state index is 12.5. The van der Waals surface area contributed by atoms with Crippen LogP contribution >= 0.6 is 0 Å². The van der Waals surface area contributed by atoms with E-state index in [1.165, 1.54) is 0 Å². The van der Waals surface area contributed by atoms with Crippen molar-refractivity contribution in [2.24, 2.45) is 5.92 Å². The van der Waals surface area contributed by atoms with Gasteiger partial charge < -0.3 is 10.2 Å². The fourth-order valence-electron chi connectivity index (χ4n) is 2.97. The second-order valence-corrected chi connectivity index (χ2v) is 6.38. The molecule has 1 amide bonds. The van der Waals surface area contributed by atoms with Crippen LogP contribution in [0.5, 0.6) is 0 Å². The maximum Gasteiger partial charge on any atom is 0.274 e. The molecule has 5 heteroatoms. The molecule has 3 rings (SSSR count). The highest BCUT2D eigenvalue weighted by Gasteiger charge is 2.19. The Hall–Kier alpha value is -2.43. The number of piperidine rings is 1. The van der Waals surface area contributed by atoms with Crippen molar-refractivity contribution in [1.29, 1.82) is 0 Å². The molecule has 0 bridgehead atoms. The average Bonchev–Trinajstić information content (AvgIpc) is 2.63. The van der Waals surface area contributed by atoms with Crippen molar-refractivity contribution in [1.82, 2.24) is 9.97 Å². The van der Waals surface area contributed by atoms with Crippen molar-refractivity contribution in [2.75, 3.05) is 23.3 Å². The molecule has 24 heavy (non-hydrogen) atoms. The summed E-state index contributed by atoms with van der Waals surface area (Å²) in [6, 6.07) is 9.52. The molecule has 1 aliphatic heterocycles. The molecule has 1 N–H and O–H groups in total. The number of carbonyl (C=O) groups excluding carboxylic acids is 1. The van der Waals surface area contributed by atoms with Crippen LogP contribution in [0.15, 0.2) is 36.5 Å². The van der Waals surface area contributed by atoms with E-state index in [1.807, 2.05) is 24.3 Å². The lowest BCUT2D eigenvalue weighted by molar-refractivity contribution is 0.102. The first-order valence-electron chi connectivity index (χ1n) is 8.64. The zero-order valence-corrected chi connectivity index (χ0v) is 14.3. The molecule has 1 aliphatic rings. The minimum atomic E-state index is -0.190. The van der Waals surface area contributed by atoms with Gasteiger partial charge >= 0.3 is 0 Å². The van der Waals surface area contributed by atoms with Gasteiger partial charge in [-0.3, -0.25) is 4.79 Å². The number of hydrogen-bond acceptors (Lipinski definition) is 4. The molecule has 126 valence electrons. The molecule has 1 saturated heterocycles. The maximum atomic E-state index is 12.5. The molecule has 5 nitrogen and oxygen atoms in total. The lowest BCUT2D eigenvalue weighted by Gasteiger charge is -2.30. The fraction of sp³-hybridized carbons (Fsp3) is 0.421. The van der Waals surface area contributed by atoms with E-state index in [0.29, 0.717) is 11.6 Å². The van der Waals surface area contributed by atoms with Crippen LogP contribution in [0.1, 0.15) is 42.7 Å². The first-order valence-corrected chi connectivity index (χ1v) is 8.64. The van der Waals surface area contributed by atoms with Gasteiger partial charge in [-0.2, -0.15) is 0 Å². The Kier molecular flexibility index (Phi) is 5.08. The SMILES string of the molecule is CCc1ccccc1NC(=O)c1ccnc(N2CCC(C)CC2)n1. The molecule has 2 aromatic rings. The number of anilines is 2. The number of benzene rings is 1. The third-order valence-electron chi connectivity index (χ3n) is 4.59. The second kappa shape index (κ2) is 7.43. The van der Waals surface area contributed by atoms with Crippen LogP contribution in [0, 0.1) is 5.92 Å². The second-order valence-electron chi connectivity index (χ2n) is 6.38. The van der Waals surface area contributed by atoms with Crippen LogP contribution in [0.2, 0.25) is 0 Å². The Balaban J connectivity index is 1.75. The fourth-order valence-corrected chi connectivity index (χ4v) is 2.97. The van der Waals surface area contributed by atoms with E-state index in [2.05, 4.69) is 34.0 Å². The van der Waals surface area contributed by atoms with E-state index in [4.69, 9.17) is 0 Å². The van der Waals surface area contributed by atoms with Gasteiger partial charge in [0.1, 0.15) is 5.69 Å². The summed E-state index contributed by atoms with van der Waals surface area (Å²) in [5.41, 5.74) is 2.37. The number of nitrogens with one attached hydrogen (secondary N) is 1. The van der Waals surface area contributed by atoms with Gasteiger partial charge in [0.05, 0.1) is 0 Å². The third kappa shape index (κ3) is 3.72. The summed E-state index contributed by atoms with van der Waals surface area (Å²) >= 11 is 0. The van der Waals surface area contributed by atoms with Crippen LogP contribution in [0.25, 0.3) is 0 Å². The van der Waals surface area contributed by atoms with Gasteiger partial charge in [0.25, 0.3) is 5.91 Å². The summed E-state index contributed by atoms with van der Waals surface area (Å²) in [7, 11) is 0. The lowest BCUT2D eigenvalue weighted by atomic mass is 10.00. The predicted octanol–water partition coefficient (Wildman–Crippen LogP) is 3.53. The number of rotatable bonds is 4. The van der Waals surface area contributed by atoms with Crippen LogP contribution in [-0.2, 0) is 6.42 Å². The lowest BCUT2D eigenvalue weighted by Crippen LogP contribution is -2.34. The van der Waals surface area contributed by atoms with Crippen molar-refractivity contribution in [3.63, 3.8) is 0 Å². The monoisotopic (exact) mass is 324 g/mol. The van der Waals surface area contributed by atoms with E-state index in [-0.39, 0.29) is 5.91 Å². The minimum Gasteiger partial charge on any atom is -0.341 e. The van der Waals surface area contributed by atoms with Crippen LogP contribution in [0.4, 0.5) is 11.6 Å². The summed E-state index contributed by atoms with van der Waals surface area (Å²) in [6.07, 6.45) is 4.83. The smallest absolute Gasteiger partial charge is 0.274 e. The molecule has 0 aliphatic carbocycles. The van der Waals surface area contributed by atoms with Crippen molar-refractivity contribution < 1.29 is 4.79 Å². The molecular formula is C19H24N4O. The number of carbonyl (C=O) groups is 1. The van der Waals surface area contributed by atoms with E-state index in [0.717, 1.165) is 49.5 Å². The summed E-state index contributed by atoms with van der Waals surface area (Å²) in [5, 5.41) is 2.97. The zero-order chi connectivity index (χ0) is 16.9. The first-order chi connectivity index (χ1) is 11.7. The van der Waals surface area contributed by atoms with Gasteiger partial charge in [-0.15, -0.1) is 0 Å². The van der Waals surface area contributed by atoms with Crippen LogP contribution < -0.4 is 10.2 Å². The van der Waals surface area contributed by atoms with Crippen molar-refractivity contribution in [2.45, 2.75) is 33.1 Å². The molecular weight excluding hydrogens is 300 g/mol. The number of aromatic nitrogens is 2. The Morgan fingerprint density at radius 3 is 2.75 bits per heavy atom. The number of para-hydroxylation sites is 1. The molecule has 0 saturated carbocycles. The average molecular weight is 324 g/mol. The van der Waals surface area contributed by atoms with Gasteiger partial charge in [-0.25, -0.2) is 9.97 Å². The third-order valence-corrected chi connectivity index (χ3v) is 4.59. The van der Waals surface area contributed by atoms with Gasteiger partial charge in [0, 0.05) is 25.0 Å². The molecule has 2 heterocycles. The number of amides is 1.